The molecule has 0 atom stereocenters. The number of rotatable bonds is 3. The molecular formula is C12H12F3N3O2. The van der Waals surface area contributed by atoms with E-state index in [1.165, 1.54) is 0 Å². The van der Waals surface area contributed by atoms with Crippen LogP contribution in [0.15, 0.2) is 22.9 Å². The van der Waals surface area contributed by atoms with Crippen molar-refractivity contribution in [2.45, 2.75) is 26.6 Å². The molecule has 2 aromatic rings. The second kappa shape index (κ2) is 5.03. The summed E-state index contributed by atoms with van der Waals surface area (Å²) in [7, 11) is 0. The highest BCUT2D eigenvalue weighted by atomic mass is 19.4. The summed E-state index contributed by atoms with van der Waals surface area (Å²) < 4.78 is 42.4. The highest BCUT2D eigenvalue weighted by Crippen LogP contribution is 2.19. The Balaban J connectivity index is 2.07. The van der Waals surface area contributed by atoms with Gasteiger partial charge < -0.3 is 9.73 Å². The summed E-state index contributed by atoms with van der Waals surface area (Å²) >= 11 is 0. The van der Waals surface area contributed by atoms with Gasteiger partial charge in [-0.2, -0.15) is 18.3 Å². The third-order valence-electron chi connectivity index (χ3n) is 2.52. The van der Waals surface area contributed by atoms with Crippen molar-refractivity contribution in [1.29, 1.82) is 0 Å². The van der Waals surface area contributed by atoms with Gasteiger partial charge in [-0.25, -0.2) is 0 Å². The van der Waals surface area contributed by atoms with Crippen LogP contribution in [0.1, 0.15) is 21.9 Å². The van der Waals surface area contributed by atoms with E-state index in [9.17, 15) is 18.0 Å². The first-order valence-corrected chi connectivity index (χ1v) is 5.72. The Bertz CT molecular complexity index is 628. The number of carbonyl (C=O) groups is 1. The molecule has 0 aliphatic carbocycles. The van der Waals surface area contributed by atoms with Crippen molar-refractivity contribution in [3.63, 3.8) is 0 Å². The van der Waals surface area contributed by atoms with Crippen LogP contribution in [-0.4, -0.2) is 21.9 Å². The third kappa shape index (κ3) is 3.40. The first-order valence-electron chi connectivity index (χ1n) is 5.72. The van der Waals surface area contributed by atoms with Crippen molar-refractivity contribution >= 4 is 11.6 Å². The fourth-order valence-corrected chi connectivity index (χ4v) is 1.75. The molecule has 0 fully saturated rings. The number of amides is 1. The predicted octanol–water partition coefficient (Wildman–Crippen LogP) is 2.91. The molecule has 0 saturated carbocycles. The van der Waals surface area contributed by atoms with Gasteiger partial charge in [0.15, 0.2) is 0 Å². The molecule has 5 nitrogen and oxygen atoms in total. The molecule has 0 bridgehead atoms. The molecule has 108 valence electrons. The lowest BCUT2D eigenvalue weighted by Crippen LogP contribution is -2.18. The SMILES string of the molecule is Cc1cc(C(=O)Nc2cnn(CC(F)(F)F)c2)c(C)o1. The average Bonchev–Trinajstić information content (AvgIpc) is 2.83. The monoisotopic (exact) mass is 287 g/mol. The number of carbonyl (C=O) groups excluding carboxylic acids is 1. The minimum Gasteiger partial charge on any atom is -0.466 e. The van der Waals surface area contributed by atoms with Gasteiger partial charge in [0.25, 0.3) is 5.91 Å². The molecule has 0 aromatic carbocycles. The number of nitrogens with one attached hydrogen (secondary N) is 1. The van der Waals surface area contributed by atoms with Gasteiger partial charge in [0.2, 0.25) is 0 Å². The molecule has 2 aromatic heterocycles. The summed E-state index contributed by atoms with van der Waals surface area (Å²) in [6.07, 6.45) is -2.08. The zero-order valence-electron chi connectivity index (χ0n) is 10.8. The number of alkyl halides is 3. The van der Waals surface area contributed by atoms with Gasteiger partial charge in [-0.3, -0.25) is 9.48 Å². The molecule has 1 N–H and O–H groups in total. The number of aromatic nitrogens is 2. The summed E-state index contributed by atoms with van der Waals surface area (Å²) in [5, 5.41) is 6.00. The standard InChI is InChI=1S/C12H12F3N3O2/c1-7-3-10(8(2)20-7)11(19)17-9-4-16-18(5-9)6-12(13,14)15/h3-5H,6H2,1-2H3,(H,17,19). The van der Waals surface area contributed by atoms with E-state index in [-0.39, 0.29) is 5.69 Å². The Morgan fingerprint density at radius 1 is 1.45 bits per heavy atom. The maximum atomic E-state index is 12.2. The van der Waals surface area contributed by atoms with Crippen molar-refractivity contribution < 1.29 is 22.4 Å². The summed E-state index contributed by atoms with van der Waals surface area (Å²) in [6.45, 7) is 2.13. The first kappa shape index (κ1) is 14.2. The van der Waals surface area contributed by atoms with Gasteiger partial charge in [-0.15, -0.1) is 0 Å². The van der Waals surface area contributed by atoms with Gasteiger partial charge in [-0.05, 0) is 19.9 Å². The molecule has 8 heteroatoms. The van der Waals surface area contributed by atoms with Gasteiger partial charge in [0.1, 0.15) is 18.1 Å². The Morgan fingerprint density at radius 2 is 2.15 bits per heavy atom. The molecule has 20 heavy (non-hydrogen) atoms. The molecule has 0 unspecified atom stereocenters. The Hall–Kier alpha value is -2.25. The summed E-state index contributed by atoms with van der Waals surface area (Å²) in [5.41, 5.74) is 0.531. The lowest BCUT2D eigenvalue weighted by molar-refractivity contribution is -0.142. The zero-order chi connectivity index (χ0) is 14.9. The van der Waals surface area contributed by atoms with Crippen molar-refractivity contribution in [1.82, 2.24) is 9.78 Å². The zero-order valence-corrected chi connectivity index (χ0v) is 10.8. The normalized spacial score (nSPS) is 11.7. The van der Waals surface area contributed by atoms with Gasteiger partial charge in [0, 0.05) is 6.20 Å². The highest BCUT2D eigenvalue weighted by molar-refractivity contribution is 6.04. The topological polar surface area (TPSA) is 60.1 Å². The summed E-state index contributed by atoms with van der Waals surface area (Å²) in [5.74, 6) is 0.578. The van der Waals surface area contributed by atoms with Gasteiger partial charge in [-0.1, -0.05) is 0 Å². The summed E-state index contributed by atoms with van der Waals surface area (Å²) in [4.78, 5) is 11.9. The van der Waals surface area contributed by atoms with Crippen LogP contribution in [0.25, 0.3) is 0 Å². The van der Waals surface area contributed by atoms with Crippen LogP contribution in [0.4, 0.5) is 18.9 Å². The largest absolute Gasteiger partial charge is 0.466 e. The number of aryl methyl sites for hydroxylation is 2. The fourth-order valence-electron chi connectivity index (χ4n) is 1.75. The third-order valence-corrected chi connectivity index (χ3v) is 2.52. The summed E-state index contributed by atoms with van der Waals surface area (Å²) in [6, 6.07) is 1.56. The van der Waals surface area contributed by atoms with E-state index >= 15 is 0 Å². The van der Waals surface area contributed by atoms with Gasteiger partial charge in [0.05, 0.1) is 17.4 Å². The number of anilines is 1. The number of furan rings is 1. The van der Waals surface area contributed by atoms with E-state index in [0.29, 0.717) is 21.8 Å². The molecule has 1 amide bonds. The van der Waals surface area contributed by atoms with Gasteiger partial charge >= 0.3 is 6.18 Å². The Labute approximate surface area is 112 Å². The van der Waals surface area contributed by atoms with Crippen LogP contribution < -0.4 is 5.32 Å². The average molecular weight is 287 g/mol. The van der Waals surface area contributed by atoms with Crippen LogP contribution in [0.3, 0.4) is 0 Å². The molecule has 0 aliphatic heterocycles. The lowest BCUT2D eigenvalue weighted by atomic mass is 10.2. The maximum Gasteiger partial charge on any atom is 0.408 e. The Kier molecular flexibility index (Phi) is 3.56. The minimum absolute atomic E-state index is 0.192. The number of halogens is 3. The number of hydrogen-bond donors (Lipinski definition) is 1. The number of hydrogen-bond acceptors (Lipinski definition) is 3. The molecular weight excluding hydrogens is 275 g/mol. The van der Waals surface area contributed by atoms with Crippen LogP contribution in [0.5, 0.6) is 0 Å². The smallest absolute Gasteiger partial charge is 0.408 e. The van der Waals surface area contributed by atoms with E-state index in [0.717, 1.165) is 12.4 Å². The van der Waals surface area contributed by atoms with Crippen molar-refractivity contribution in [2.24, 2.45) is 0 Å². The predicted molar refractivity (Wildman–Crippen MR) is 64.4 cm³/mol. The maximum absolute atomic E-state index is 12.2. The molecule has 0 spiro atoms. The van der Waals surface area contributed by atoms with Crippen molar-refractivity contribution in [3.8, 4) is 0 Å². The van der Waals surface area contributed by atoms with E-state index in [1.54, 1.807) is 19.9 Å². The lowest BCUT2D eigenvalue weighted by Gasteiger charge is -2.05. The van der Waals surface area contributed by atoms with Crippen molar-refractivity contribution in [2.75, 3.05) is 5.32 Å². The molecule has 2 heterocycles. The highest BCUT2D eigenvalue weighted by Gasteiger charge is 2.28. The fraction of sp³-hybridized carbons (Fsp3) is 0.333. The number of nitrogens with zero attached hydrogens (tertiary/aromatic N) is 2. The quantitative estimate of drug-likeness (QED) is 0.944. The second-order valence-electron chi connectivity index (χ2n) is 4.32. The van der Waals surface area contributed by atoms with E-state index in [2.05, 4.69) is 10.4 Å². The Morgan fingerprint density at radius 3 is 2.70 bits per heavy atom. The minimum atomic E-state index is -4.36. The van der Waals surface area contributed by atoms with Crippen LogP contribution >= 0.6 is 0 Å². The first-order chi connectivity index (χ1) is 9.24. The van der Waals surface area contributed by atoms with Crippen molar-refractivity contribution in [3.05, 3.63) is 35.5 Å². The van der Waals surface area contributed by atoms with Crippen LogP contribution in [-0.2, 0) is 6.54 Å². The van der Waals surface area contributed by atoms with Crippen LogP contribution in [0, 0.1) is 13.8 Å². The van der Waals surface area contributed by atoms with E-state index in [1.807, 2.05) is 0 Å². The van der Waals surface area contributed by atoms with E-state index in [4.69, 9.17) is 4.42 Å². The van der Waals surface area contributed by atoms with E-state index < -0.39 is 18.6 Å². The molecule has 2 rings (SSSR count). The second-order valence-corrected chi connectivity index (χ2v) is 4.32. The van der Waals surface area contributed by atoms with Crippen LogP contribution in [0.2, 0.25) is 0 Å². The molecule has 0 radical (unpaired) electrons. The molecule has 0 saturated heterocycles. The molecule has 0 aliphatic rings.